The van der Waals surface area contributed by atoms with E-state index in [2.05, 4.69) is 54.3 Å². The zero-order valence-corrected chi connectivity index (χ0v) is 16.4. The predicted molar refractivity (Wildman–Crippen MR) is 110 cm³/mol. The van der Waals surface area contributed by atoms with E-state index in [0.717, 1.165) is 32.6 Å². The number of amides is 1. The molecule has 0 saturated heterocycles. The van der Waals surface area contributed by atoms with E-state index in [4.69, 9.17) is 0 Å². The Kier molecular flexibility index (Phi) is 5.52. The Morgan fingerprint density at radius 3 is 2.73 bits per heavy atom. The molecule has 0 fully saturated rings. The van der Waals surface area contributed by atoms with Gasteiger partial charge in [-0.3, -0.25) is 4.79 Å². The van der Waals surface area contributed by atoms with Crippen LogP contribution in [0.1, 0.15) is 29.2 Å². The number of hydrogen-bond acceptors (Lipinski definition) is 2. The van der Waals surface area contributed by atoms with Crippen molar-refractivity contribution in [3.63, 3.8) is 0 Å². The van der Waals surface area contributed by atoms with Crippen molar-refractivity contribution < 1.29 is 4.79 Å². The van der Waals surface area contributed by atoms with E-state index in [1.165, 1.54) is 11.1 Å². The van der Waals surface area contributed by atoms with Crippen LogP contribution >= 0.6 is 11.3 Å². The fourth-order valence-electron chi connectivity index (χ4n) is 3.08. The van der Waals surface area contributed by atoms with Crippen LogP contribution in [0.2, 0.25) is 0 Å². The third kappa shape index (κ3) is 3.86. The number of nitrogens with zero attached hydrogens (tertiary/aromatic N) is 2. The third-order valence-electron chi connectivity index (χ3n) is 4.53. The lowest BCUT2D eigenvalue weighted by Gasteiger charge is -2.04. The largest absolute Gasteiger partial charge is 0.313 e. The first-order valence-corrected chi connectivity index (χ1v) is 9.70. The molecule has 0 aliphatic rings. The second-order valence-corrected chi connectivity index (χ2v) is 7.56. The molecule has 0 atom stereocenters. The molecule has 3 rings (SSSR count). The van der Waals surface area contributed by atoms with Crippen LogP contribution in [0.4, 0.5) is 0 Å². The van der Waals surface area contributed by atoms with Crippen LogP contribution in [0.3, 0.4) is 0 Å². The van der Waals surface area contributed by atoms with Crippen molar-refractivity contribution in [1.29, 1.82) is 0 Å². The first-order valence-electron chi connectivity index (χ1n) is 8.88. The van der Waals surface area contributed by atoms with Gasteiger partial charge in [0.05, 0.1) is 16.6 Å². The SMILES string of the molecule is C=CCn1c(=NC(=O)Cc2ccc(C)cc2C)sc2cc(CC)ccc21. The highest BCUT2D eigenvalue weighted by Gasteiger charge is 2.09. The Morgan fingerprint density at radius 1 is 1.23 bits per heavy atom. The normalized spacial score (nSPS) is 11.9. The van der Waals surface area contributed by atoms with Gasteiger partial charge in [-0.25, -0.2) is 0 Å². The summed E-state index contributed by atoms with van der Waals surface area (Å²) in [4.78, 5) is 17.7. The summed E-state index contributed by atoms with van der Waals surface area (Å²) in [5.74, 6) is -0.114. The lowest BCUT2D eigenvalue weighted by atomic mass is 10.0. The number of fused-ring (bicyclic) bond motifs is 1. The highest BCUT2D eigenvalue weighted by Crippen LogP contribution is 2.20. The van der Waals surface area contributed by atoms with Crippen LogP contribution in [0.15, 0.2) is 54.0 Å². The molecule has 0 N–H and O–H groups in total. The highest BCUT2D eigenvalue weighted by molar-refractivity contribution is 7.16. The Morgan fingerprint density at radius 2 is 2.04 bits per heavy atom. The van der Waals surface area contributed by atoms with Gasteiger partial charge in [0.15, 0.2) is 4.80 Å². The number of benzene rings is 2. The molecule has 4 heteroatoms. The van der Waals surface area contributed by atoms with E-state index in [9.17, 15) is 4.79 Å². The number of carbonyl (C=O) groups excluding carboxylic acids is 1. The molecule has 1 heterocycles. The Hall–Kier alpha value is -2.46. The molecule has 2 aromatic carbocycles. The van der Waals surface area contributed by atoms with Gasteiger partial charge in [0.2, 0.25) is 0 Å². The molecule has 3 nitrogen and oxygen atoms in total. The summed E-state index contributed by atoms with van der Waals surface area (Å²) >= 11 is 1.57. The molecule has 1 amide bonds. The maximum absolute atomic E-state index is 12.6. The Labute approximate surface area is 158 Å². The van der Waals surface area contributed by atoms with Crippen molar-refractivity contribution >= 4 is 27.5 Å². The maximum Gasteiger partial charge on any atom is 0.252 e. The highest BCUT2D eigenvalue weighted by atomic mass is 32.1. The van der Waals surface area contributed by atoms with Gasteiger partial charge in [0, 0.05) is 6.54 Å². The molecule has 0 spiro atoms. The number of rotatable bonds is 5. The molecule has 26 heavy (non-hydrogen) atoms. The summed E-state index contributed by atoms with van der Waals surface area (Å²) in [6.07, 6.45) is 3.16. The zero-order valence-electron chi connectivity index (χ0n) is 15.6. The van der Waals surface area contributed by atoms with Crippen molar-refractivity contribution in [2.24, 2.45) is 4.99 Å². The van der Waals surface area contributed by atoms with Gasteiger partial charge in [-0.05, 0) is 49.1 Å². The molecule has 3 aromatic rings. The minimum atomic E-state index is -0.114. The summed E-state index contributed by atoms with van der Waals surface area (Å²) in [5, 5.41) is 0. The summed E-state index contributed by atoms with van der Waals surface area (Å²) in [6.45, 7) is 10.7. The van der Waals surface area contributed by atoms with Crippen molar-refractivity contribution in [2.45, 2.75) is 40.2 Å². The zero-order chi connectivity index (χ0) is 18.7. The predicted octanol–water partition coefficient (Wildman–Crippen LogP) is 4.74. The van der Waals surface area contributed by atoms with Crippen molar-refractivity contribution in [2.75, 3.05) is 0 Å². The fraction of sp³-hybridized carbons (Fsp3) is 0.273. The van der Waals surface area contributed by atoms with E-state index in [1.54, 1.807) is 11.3 Å². The summed E-state index contributed by atoms with van der Waals surface area (Å²) in [6, 6.07) is 12.6. The summed E-state index contributed by atoms with van der Waals surface area (Å²) in [7, 11) is 0. The molecule has 134 valence electrons. The average molecular weight is 365 g/mol. The number of aryl methyl sites for hydroxylation is 3. The van der Waals surface area contributed by atoms with E-state index < -0.39 is 0 Å². The number of allylic oxidation sites excluding steroid dienone is 1. The molecular weight excluding hydrogens is 340 g/mol. The third-order valence-corrected chi connectivity index (χ3v) is 5.57. The van der Waals surface area contributed by atoms with E-state index in [0.29, 0.717) is 13.0 Å². The van der Waals surface area contributed by atoms with Gasteiger partial charge in [0.25, 0.3) is 5.91 Å². The molecule has 1 aromatic heterocycles. The van der Waals surface area contributed by atoms with Gasteiger partial charge >= 0.3 is 0 Å². The van der Waals surface area contributed by atoms with E-state index >= 15 is 0 Å². The van der Waals surface area contributed by atoms with E-state index in [1.807, 2.05) is 25.1 Å². The smallest absolute Gasteiger partial charge is 0.252 e. The van der Waals surface area contributed by atoms with Crippen molar-refractivity contribution in [3.05, 3.63) is 76.1 Å². The Bertz CT molecular complexity index is 1040. The average Bonchev–Trinajstić information content (AvgIpc) is 2.94. The van der Waals surface area contributed by atoms with Crippen LogP contribution in [0.5, 0.6) is 0 Å². The Balaban J connectivity index is 2.00. The monoisotopic (exact) mass is 364 g/mol. The van der Waals surface area contributed by atoms with Gasteiger partial charge in [0.1, 0.15) is 0 Å². The number of thiazole rings is 1. The lowest BCUT2D eigenvalue weighted by molar-refractivity contribution is -0.117. The number of carbonyl (C=O) groups is 1. The number of hydrogen-bond donors (Lipinski definition) is 0. The molecular formula is C22H24N2OS. The minimum absolute atomic E-state index is 0.114. The fourth-order valence-corrected chi connectivity index (χ4v) is 4.20. The van der Waals surface area contributed by atoms with Crippen LogP contribution in [0, 0.1) is 13.8 Å². The van der Waals surface area contributed by atoms with Crippen LogP contribution in [0.25, 0.3) is 10.2 Å². The van der Waals surface area contributed by atoms with Gasteiger partial charge in [-0.2, -0.15) is 4.99 Å². The topological polar surface area (TPSA) is 34.4 Å². The minimum Gasteiger partial charge on any atom is -0.313 e. The molecule has 0 saturated carbocycles. The van der Waals surface area contributed by atoms with Gasteiger partial charge in [-0.1, -0.05) is 54.2 Å². The van der Waals surface area contributed by atoms with Gasteiger partial charge in [-0.15, -0.1) is 6.58 Å². The van der Waals surface area contributed by atoms with Crippen LogP contribution in [-0.4, -0.2) is 10.5 Å². The summed E-state index contributed by atoms with van der Waals surface area (Å²) in [5.41, 5.74) is 5.77. The second kappa shape index (κ2) is 7.83. The summed E-state index contributed by atoms with van der Waals surface area (Å²) < 4.78 is 3.22. The van der Waals surface area contributed by atoms with Crippen LogP contribution < -0.4 is 4.80 Å². The standard InChI is InChI=1S/C22H24N2OS/c1-5-11-24-19-10-8-17(6-2)13-20(19)26-22(24)23-21(25)14-18-9-7-15(3)12-16(18)4/h5,7-10,12-13H,1,6,11,14H2,2-4H3. The quantitative estimate of drug-likeness (QED) is 0.602. The molecule has 0 aliphatic carbocycles. The molecule has 0 bridgehead atoms. The first-order chi connectivity index (χ1) is 12.5. The van der Waals surface area contributed by atoms with Crippen LogP contribution in [-0.2, 0) is 24.2 Å². The van der Waals surface area contributed by atoms with Crippen molar-refractivity contribution in [3.8, 4) is 0 Å². The van der Waals surface area contributed by atoms with Gasteiger partial charge < -0.3 is 4.57 Å². The maximum atomic E-state index is 12.6. The lowest BCUT2D eigenvalue weighted by Crippen LogP contribution is -2.17. The number of aromatic nitrogens is 1. The molecule has 0 aliphatic heterocycles. The first kappa shape index (κ1) is 18.3. The van der Waals surface area contributed by atoms with Crippen molar-refractivity contribution in [1.82, 2.24) is 4.57 Å². The van der Waals surface area contributed by atoms with E-state index in [-0.39, 0.29) is 5.91 Å². The second-order valence-electron chi connectivity index (χ2n) is 6.55. The molecule has 0 unspecified atom stereocenters. The molecule has 0 radical (unpaired) electrons.